The maximum Gasteiger partial charge on any atom is 0.240 e. The molecular formula is C31H45Cl2N3O6S. The van der Waals surface area contributed by atoms with E-state index >= 15 is 0 Å². The molecule has 0 fully saturated rings. The van der Waals surface area contributed by atoms with Gasteiger partial charge in [0.25, 0.3) is 0 Å². The molecule has 0 aromatic heterocycles. The molecule has 1 aliphatic heterocycles. The number of aliphatic hydroxyl groups excluding tert-OH is 1. The standard InChI is InChI=1S/C31H45Cl2N3O6S/c1-4-23(16-22(2)37)8-9-31(38)34-10-12-41-14-15-42-13-11-35-43(39,40)26-7-5-6-24(17-26)28-20-36(3)21-29-27(28)18-25(32)19-30(29)33/h5-7,17-19,22-23,28,35,37H,4,8-16,20-21H2,1-3H3,(H,34,38)/t22?,23?,28-/m0/s1. The number of ether oxygens (including phenoxy) is 2. The van der Waals surface area contributed by atoms with Crippen molar-refractivity contribution in [2.75, 3.05) is 53.1 Å². The zero-order valence-corrected chi connectivity index (χ0v) is 27.6. The summed E-state index contributed by atoms with van der Waals surface area (Å²) in [5, 5.41) is 13.5. The lowest BCUT2D eigenvalue weighted by atomic mass is 9.85. The fourth-order valence-electron chi connectivity index (χ4n) is 5.34. The smallest absolute Gasteiger partial charge is 0.240 e. The van der Waals surface area contributed by atoms with Crippen LogP contribution in [0, 0.1) is 5.92 Å². The number of nitrogens with zero attached hydrogens (tertiary/aromatic N) is 1. The molecule has 2 unspecified atom stereocenters. The monoisotopic (exact) mass is 657 g/mol. The first-order valence-electron chi connectivity index (χ1n) is 14.9. The molecule has 3 atom stereocenters. The second kappa shape index (κ2) is 17.7. The molecule has 3 rings (SSSR count). The second-order valence-electron chi connectivity index (χ2n) is 11.1. The number of hydrogen-bond donors (Lipinski definition) is 3. The summed E-state index contributed by atoms with van der Waals surface area (Å²) in [6.07, 6.45) is 2.49. The Bertz CT molecular complexity index is 1290. The van der Waals surface area contributed by atoms with Crippen LogP contribution in [0.25, 0.3) is 0 Å². The summed E-state index contributed by atoms with van der Waals surface area (Å²) < 4.78 is 39.6. The molecule has 2 aromatic carbocycles. The number of benzene rings is 2. The quantitative estimate of drug-likeness (QED) is 0.201. The van der Waals surface area contributed by atoms with E-state index in [1.807, 2.05) is 19.2 Å². The van der Waals surface area contributed by atoms with Gasteiger partial charge >= 0.3 is 0 Å². The van der Waals surface area contributed by atoms with Gasteiger partial charge in [0.2, 0.25) is 15.9 Å². The molecule has 2 aromatic rings. The molecule has 43 heavy (non-hydrogen) atoms. The molecule has 1 heterocycles. The summed E-state index contributed by atoms with van der Waals surface area (Å²) in [6.45, 7) is 6.99. The van der Waals surface area contributed by atoms with Crippen LogP contribution in [0.15, 0.2) is 41.3 Å². The highest BCUT2D eigenvalue weighted by atomic mass is 35.5. The number of sulfonamides is 1. The van der Waals surface area contributed by atoms with Gasteiger partial charge in [-0.3, -0.25) is 4.79 Å². The zero-order valence-electron chi connectivity index (χ0n) is 25.3. The van der Waals surface area contributed by atoms with Gasteiger partial charge in [0.1, 0.15) is 0 Å². The lowest BCUT2D eigenvalue weighted by Gasteiger charge is -2.33. The van der Waals surface area contributed by atoms with Crippen molar-refractivity contribution in [3.63, 3.8) is 0 Å². The first-order chi connectivity index (χ1) is 20.5. The predicted molar refractivity (Wildman–Crippen MR) is 170 cm³/mol. The normalized spacial score (nSPS) is 16.9. The first kappa shape index (κ1) is 35.7. The van der Waals surface area contributed by atoms with Crippen LogP contribution in [0.3, 0.4) is 0 Å². The number of likely N-dealkylation sites (N-methyl/N-ethyl adjacent to an activating group) is 1. The molecule has 0 spiro atoms. The third kappa shape index (κ3) is 11.6. The van der Waals surface area contributed by atoms with Crippen molar-refractivity contribution in [1.82, 2.24) is 14.9 Å². The van der Waals surface area contributed by atoms with Crippen molar-refractivity contribution in [3.8, 4) is 0 Å². The maximum atomic E-state index is 13.0. The molecule has 9 nitrogen and oxygen atoms in total. The van der Waals surface area contributed by atoms with Gasteiger partial charge in [-0.2, -0.15) is 0 Å². The number of hydrogen-bond acceptors (Lipinski definition) is 7. The Morgan fingerprint density at radius 2 is 1.84 bits per heavy atom. The van der Waals surface area contributed by atoms with Crippen LogP contribution in [-0.2, 0) is 30.8 Å². The maximum absolute atomic E-state index is 13.0. The van der Waals surface area contributed by atoms with Gasteiger partial charge in [-0.05, 0) is 73.7 Å². The van der Waals surface area contributed by atoms with Crippen molar-refractivity contribution >= 4 is 39.1 Å². The number of halogens is 2. The SMILES string of the molecule is CCC(CCC(=O)NCCOCCOCCNS(=O)(=O)c1cccc([C@@H]2CN(C)Cc3c(Cl)cc(Cl)cc32)c1)CC(C)O. The average molecular weight is 659 g/mol. The third-order valence-corrected chi connectivity index (χ3v) is 9.59. The Morgan fingerprint density at radius 3 is 2.53 bits per heavy atom. The fourth-order valence-corrected chi connectivity index (χ4v) is 6.98. The van der Waals surface area contributed by atoms with E-state index in [0.717, 1.165) is 29.5 Å². The Morgan fingerprint density at radius 1 is 1.12 bits per heavy atom. The highest BCUT2D eigenvalue weighted by Crippen LogP contribution is 2.38. The Hall–Kier alpha value is -1.76. The van der Waals surface area contributed by atoms with E-state index in [1.165, 1.54) is 0 Å². The zero-order chi connectivity index (χ0) is 31.4. The van der Waals surface area contributed by atoms with Crippen LogP contribution < -0.4 is 10.0 Å². The second-order valence-corrected chi connectivity index (χ2v) is 13.8. The summed E-state index contributed by atoms with van der Waals surface area (Å²) in [4.78, 5) is 14.4. The van der Waals surface area contributed by atoms with E-state index in [2.05, 4.69) is 21.9 Å². The number of carbonyl (C=O) groups is 1. The van der Waals surface area contributed by atoms with Crippen molar-refractivity contribution in [2.24, 2.45) is 5.92 Å². The number of nitrogens with one attached hydrogen (secondary N) is 2. The molecule has 1 aliphatic rings. The Balaban J connectivity index is 1.36. The number of rotatable bonds is 18. The summed E-state index contributed by atoms with van der Waals surface area (Å²) in [5.41, 5.74) is 2.90. The van der Waals surface area contributed by atoms with E-state index in [9.17, 15) is 18.3 Å². The van der Waals surface area contributed by atoms with Gasteiger partial charge in [-0.25, -0.2) is 13.1 Å². The lowest BCUT2D eigenvalue weighted by Crippen LogP contribution is -2.31. The van der Waals surface area contributed by atoms with Crippen molar-refractivity contribution < 1.29 is 27.8 Å². The molecule has 0 saturated heterocycles. The minimum Gasteiger partial charge on any atom is -0.393 e. The fraction of sp³-hybridized carbons (Fsp3) is 0.581. The molecule has 0 radical (unpaired) electrons. The minimum atomic E-state index is -3.74. The molecule has 12 heteroatoms. The Kier molecular flexibility index (Phi) is 14.7. The van der Waals surface area contributed by atoms with E-state index in [1.54, 1.807) is 31.2 Å². The molecule has 3 N–H and O–H groups in total. The third-order valence-electron chi connectivity index (χ3n) is 7.57. The van der Waals surface area contributed by atoms with Crippen molar-refractivity contribution in [1.29, 1.82) is 0 Å². The summed E-state index contributed by atoms with van der Waals surface area (Å²) >= 11 is 12.8. The minimum absolute atomic E-state index is 0.0219. The molecule has 0 saturated carbocycles. The van der Waals surface area contributed by atoms with E-state index in [4.69, 9.17) is 32.7 Å². The average Bonchev–Trinajstić information content (AvgIpc) is 2.96. The van der Waals surface area contributed by atoms with Crippen LogP contribution in [0.1, 0.15) is 62.1 Å². The molecule has 0 bridgehead atoms. The van der Waals surface area contributed by atoms with Crippen LogP contribution in [0.5, 0.6) is 0 Å². The topological polar surface area (TPSA) is 117 Å². The first-order valence-corrected chi connectivity index (χ1v) is 17.1. The highest BCUT2D eigenvalue weighted by Gasteiger charge is 2.28. The number of amides is 1. The molecule has 240 valence electrons. The lowest BCUT2D eigenvalue weighted by molar-refractivity contribution is -0.121. The van der Waals surface area contributed by atoms with Crippen LogP contribution in [-0.4, -0.2) is 83.5 Å². The summed E-state index contributed by atoms with van der Waals surface area (Å²) in [6, 6.07) is 10.6. The summed E-state index contributed by atoms with van der Waals surface area (Å²) in [7, 11) is -1.73. The largest absolute Gasteiger partial charge is 0.393 e. The van der Waals surface area contributed by atoms with Crippen molar-refractivity contribution in [3.05, 3.63) is 63.1 Å². The highest BCUT2D eigenvalue weighted by molar-refractivity contribution is 7.89. The summed E-state index contributed by atoms with van der Waals surface area (Å²) in [5.74, 6) is 0.258. The van der Waals surface area contributed by atoms with Gasteiger partial charge in [0.15, 0.2) is 0 Å². The number of carbonyl (C=O) groups excluding carboxylic acids is 1. The van der Waals surface area contributed by atoms with E-state index < -0.39 is 10.0 Å². The van der Waals surface area contributed by atoms with Crippen LogP contribution in [0.4, 0.5) is 0 Å². The number of fused-ring (bicyclic) bond motifs is 1. The van der Waals surface area contributed by atoms with Crippen LogP contribution >= 0.6 is 23.2 Å². The van der Waals surface area contributed by atoms with Crippen LogP contribution in [0.2, 0.25) is 10.0 Å². The van der Waals surface area contributed by atoms with Gasteiger partial charge in [0, 0.05) is 48.6 Å². The molecular weight excluding hydrogens is 613 g/mol. The predicted octanol–water partition coefficient (Wildman–Crippen LogP) is 4.58. The van der Waals surface area contributed by atoms with Gasteiger partial charge in [0.05, 0.1) is 37.4 Å². The van der Waals surface area contributed by atoms with E-state index in [-0.39, 0.29) is 36.0 Å². The van der Waals surface area contributed by atoms with Gasteiger partial charge in [-0.1, -0.05) is 48.7 Å². The van der Waals surface area contributed by atoms with Crippen molar-refractivity contribution in [2.45, 2.75) is 63.0 Å². The molecule has 0 aliphatic carbocycles. The number of aliphatic hydroxyl groups is 1. The van der Waals surface area contributed by atoms with E-state index in [0.29, 0.717) is 68.3 Å². The Labute approximate surface area is 266 Å². The van der Waals surface area contributed by atoms with Gasteiger partial charge < -0.3 is 24.8 Å². The van der Waals surface area contributed by atoms with Gasteiger partial charge in [-0.15, -0.1) is 0 Å². The molecule has 1 amide bonds.